The fourth-order valence-electron chi connectivity index (χ4n) is 1.89. The van der Waals surface area contributed by atoms with Gasteiger partial charge in [0.05, 0.1) is 6.04 Å². The molecule has 1 aromatic carbocycles. The van der Waals surface area contributed by atoms with E-state index in [1.54, 1.807) is 0 Å². The Morgan fingerprint density at radius 1 is 1.14 bits per heavy atom. The van der Waals surface area contributed by atoms with E-state index in [0.717, 1.165) is 6.42 Å². The first-order chi connectivity index (χ1) is 6.47. The van der Waals surface area contributed by atoms with Crippen LogP contribution in [0.2, 0.25) is 0 Å². The first-order valence-corrected chi connectivity index (χ1v) is 5.34. The molecule has 0 amide bonds. The van der Waals surface area contributed by atoms with Gasteiger partial charge < -0.3 is 5.73 Å². The van der Waals surface area contributed by atoms with E-state index in [1.165, 1.54) is 12.0 Å². The number of quaternary nitrogens is 1. The van der Waals surface area contributed by atoms with Gasteiger partial charge in [0.1, 0.15) is 0 Å². The van der Waals surface area contributed by atoms with Crippen molar-refractivity contribution in [3.05, 3.63) is 35.9 Å². The molecule has 0 bridgehead atoms. The molecule has 0 saturated heterocycles. The Morgan fingerprint density at radius 2 is 1.71 bits per heavy atom. The Morgan fingerprint density at radius 3 is 2.21 bits per heavy atom. The smallest absolute Gasteiger partial charge is 0.0889 e. The summed E-state index contributed by atoms with van der Waals surface area (Å²) in [5.74, 6) is 0. The van der Waals surface area contributed by atoms with Crippen molar-refractivity contribution in [1.82, 2.24) is 0 Å². The van der Waals surface area contributed by atoms with E-state index in [2.05, 4.69) is 56.8 Å². The normalized spacial score (nSPS) is 14.0. The third-order valence-electron chi connectivity index (χ3n) is 2.27. The van der Waals surface area contributed by atoms with Crippen molar-refractivity contribution in [2.24, 2.45) is 5.41 Å². The highest BCUT2D eigenvalue weighted by Crippen LogP contribution is 2.20. The highest BCUT2D eigenvalue weighted by Gasteiger charge is 2.18. The minimum atomic E-state index is 0.390. The topological polar surface area (TPSA) is 27.6 Å². The summed E-state index contributed by atoms with van der Waals surface area (Å²) in [6.07, 6.45) is 2.28. The molecule has 1 nitrogen and oxygen atoms in total. The Balaban J connectivity index is 2.46. The van der Waals surface area contributed by atoms with Gasteiger partial charge in [0.2, 0.25) is 0 Å². The second-order valence-corrected chi connectivity index (χ2v) is 5.32. The number of benzene rings is 1. The fourth-order valence-corrected chi connectivity index (χ4v) is 1.89. The van der Waals surface area contributed by atoms with Crippen molar-refractivity contribution in [3.63, 3.8) is 0 Å². The summed E-state index contributed by atoms with van der Waals surface area (Å²) >= 11 is 0. The molecule has 1 heteroatoms. The SMILES string of the molecule is CC(C)(C)C[C@H]([NH3+])Cc1ccccc1. The van der Waals surface area contributed by atoms with Crippen LogP contribution in [0, 0.1) is 5.41 Å². The molecule has 78 valence electrons. The molecule has 0 aliphatic rings. The lowest BCUT2D eigenvalue weighted by molar-refractivity contribution is -0.424. The van der Waals surface area contributed by atoms with Gasteiger partial charge in [0, 0.05) is 12.8 Å². The van der Waals surface area contributed by atoms with Gasteiger partial charge >= 0.3 is 0 Å². The number of hydrogen-bond acceptors (Lipinski definition) is 0. The highest BCUT2D eigenvalue weighted by molar-refractivity contribution is 5.15. The summed E-state index contributed by atoms with van der Waals surface area (Å²) in [7, 11) is 0. The Hall–Kier alpha value is -0.820. The molecule has 0 aliphatic carbocycles. The Bertz CT molecular complexity index is 258. The molecule has 0 heterocycles. The zero-order valence-electron chi connectivity index (χ0n) is 9.59. The predicted molar refractivity (Wildman–Crippen MR) is 60.9 cm³/mol. The minimum absolute atomic E-state index is 0.390. The van der Waals surface area contributed by atoms with Crippen molar-refractivity contribution in [2.45, 2.75) is 39.7 Å². The van der Waals surface area contributed by atoms with E-state index >= 15 is 0 Å². The van der Waals surface area contributed by atoms with Crippen molar-refractivity contribution >= 4 is 0 Å². The van der Waals surface area contributed by atoms with E-state index in [-0.39, 0.29) is 0 Å². The summed E-state index contributed by atoms with van der Waals surface area (Å²) < 4.78 is 0. The van der Waals surface area contributed by atoms with Crippen LogP contribution in [0.5, 0.6) is 0 Å². The van der Waals surface area contributed by atoms with Gasteiger partial charge in [-0.15, -0.1) is 0 Å². The van der Waals surface area contributed by atoms with Gasteiger partial charge in [-0.05, 0) is 11.0 Å². The van der Waals surface area contributed by atoms with Crippen LogP contribution in [-0.2, 0) is 6.42 Å². The quantitative estimate of drug-likeness (QED) is 0.761. The summed E-state index contributed by atoms with van der Waals surface area (Å²) in [5.41, 5.74) is 6.01. The maximum Gasteiger partial charge on any atom is 0.0889 e. The molecule has 0 radical (unpaired) electrons. The lowest BCUT2D eigenvalue weighted by Gasteiger charge is -2.20. The van der Waals surface area contributed by atoms with Gasteiger partial charge in [0.25, 0.3) is 0 Å². The molecule has 14 heavy (non-hydrogen) atoms. The fraction of sp³-hybridized carbons (Fsp3) is 0.538. The molecule has 1 aromatic rings. The zero-order chi connectivity index (χ0) is 10.6. The largest absolute Gasteiger partial charge is 0.355 e. The first-order valence-electron chi connectivity index (χ1n) is 5.34. The molecule has 0 aromatic heterocycles. The van der Waals surface area contributed by atoms with E-state index in [0.29, 0.717) is 11.5 Å². The van der Waals surface area contributed by atoms with Crippen molar-refractivity contribution in [3.8, 4) is 0 Å². The highest BCUT2D eigenvalue weighted by atomic mass is 14.6. The zero-order valence-corrected chi connectivity index (χ0v) is 9.59. The van der Waals surface area contributed by atoms with Crippen LogP contribution in [0.1, 0.15) is 32.8 Å². The van der Waals surface area contributed by atoms with Crippen LogP contribution < -0.4 is 5.73 Å². The molecule has 1 rings (SSSR count). The van der Waals surface area contributed by atoms with Gasteiger partial charge in [-0.25, -0.2) is 0 Å². The van der Waals surface area contributed by atoms with Crippen molar-refractivity contribution in [1.29, 1.82) is 0 Å². The third kappa shape index (κ3) is 4.43. The monoisotopic (exact) mass is 192 g/mol. The van der Waals surface area contributed by atoms with Gasteiger partial charge in [0.15, 0.2) is 0 Å². The molecule has 1 atom stereocenters. The van der Waals surface area contributed by atoms with Crippen molar-refractivity contribution in [2.75, 3.05) is 0 Å². The Kier molecular flexibility index (Phi) is 3.70. The molecule has 0 fully saturated rings. The maximum absolute atomic E-state index is 4.22. The first kappa shape index (κ1) is 11.3. The van der Waals surface area contributed by atoms with Crippen LogP contribution >= 0.6 is 0 Å². The van der Waals surface area contributed by atoms with E-state index in [4.69, 9.17) is 0 Å². The van der Waals surface area contributed by atoms with E-state index in [1.807, 2.05) is 0 Å². The molecule has 0 aliphatic heterocycles. The van der Waals surface area contributed by atoms with Crippen molar-refractivity contribution < 1.29 is 5.73 Å². The van der Waals surface area contributed by atoms with Crippen LogP contribution in [0.3, 0.4) is 0 Å². The van der Waals surface area contributed by atoms with Gasteiger partial charge in [-0.2, -0.15) is 0 Å². The standard InChI is InChI=1S/C13H21N/c1-13(2,3)10-12(14)9-11-7-5-4-6-8-11/h4-8,12H,9-10,14H2,1-3H3/p+1/t12-/m1/s1. The molecule has 0 spiro atoms. The average molecular weight is 192 g/mol. The third-order valence-corrected chi connectivity index (χ3v) is 2.27. The summed E-state index contributed by atoms with van der Waals surface area (Å²) in [6, 6.07) is 11.1. The summed E-state index contributed by atoms with van der Waals surface area (Å²) in [6.45, 7) is 6.82. The van der Waals surface area contributed by atoms with Gasteiger partial charge in [-0.1, -0.05) is 51.1 Å². The summed E-state index contributed by atoms with van der Waals surface area (Å²) in [4.78, 5) is 0. The molecule has 0 saturated carbocycles. The Labute approximate surface area is 87.3 Å². The van der Waals surface area contributed by atoms with Gasteiger partial charge in [-0.3, -0.25) is 0 Å². The summed E-state index contributed by atoms with van der Waals surface area (Å²) in [5, 5.41) is 0. The van der Waals surface area contributed by atoms with E-state index < -0.39 is 0 Å². The van der Waals surface area contributed by atoms with E-state index in [9.17, 15) is 0 Å². The molecule has 0 unspecified atom stereocenters. The van der Waals surface area contributed by atoms with Crippen LogP contribution in [0.15, 0.2) is 30.3 Å². The van der Waals surface area contributed by atoms with Crippen LogP contribution in [-0.4, -0.2) is 6.04 Å². The molecular weight excluding hydrogens is 170 g/mol. The number of hydrogen-bond donors (Lipinski definition) is 1. The molecular formula is C13H22N+. The minimum Gasteiger partial charge on any atom is -0.355 e. The maximum atomic E-state index is 4.22. The second kappa shape index (κ2) is 4.61. The molecule has 3 N–H and O–H groups in total. The van der Waals surface area contributed by atoms with Crippen LogP contribution in [0.4, 0.5) is 0 Å². The average Bonchev–Trinajstić information content (AvgIpc) is 2.02. The predicted octanol–water partition coefficient (Wildman–Crippen LogP) is 2.28. The second-order valence-electron chi connectivity index (χ2n) is 5.32. The lowest BCUT2D eigenvalue weighted by Crippen LogP contribution is -2.63. The number of rotatable bonds is 3. The lowest BCUT2D eigenvalue weighted by atomic mass is 9.86. The van der Waals surface area contributed by atoms with Crippen LogP contribution in [0.25, 0.3) is 0 Å².